The first-order chi connectivity index (χ1) is 7.32. The zero-order valence-electron chi connectivity index (χ0n) is 8.76. The minimum absolute atomic E-state index is 0.0803. The topological polar surface area (TPSA) is 39.2 Å². The van der Waals surface area contributed by atoms with E-state index in [2.05, 4.69) is 9.72 Å². The molecule has 0 aromatic carbocycles. The molecule has 0 aliphatic heterocycles. The van der Waals surface area contributed by atoms with E-state index in [1.54, 1.807) is 6.92 Å². The number of hydrogen-bond acceptors (Lipinski definition) is 3. The molecule has 1 aromatic rings. The highest BCUT2D eigenvalue weighted by molar-refractivity contribution is 5.71. The molecule has 16 heavy (non-hydrogen) atoms. The highest BCUT2D eigenvalue weighted by Crippen LogP contribution is 2.31. The van der Waals surface area contributed by atoms with Crippen molar-refractivity contribution >= 4 is 5.97 Å². The quantitative estimate of drug-likeness (QED) is 0.737. The number of ether oxygens (including phenoxy) is 1. The van der Waals surface area contributed by atoms with Gasteiger partial charge in [-0.1, -0.05) is 6.92 Å². The van der Waals surface area contributed by atoms with E-state index in [0.717, 1.165) is 6.07 Å². The first kappa shape index (κ1) is 12.5. The number of hydrogen-bond donors (Lipinski definition) is 0. The van der Waals surface area contributed by atoms with Crippen LogP contribution in [0.1, 0.15) is 24.6 Å². The number of pyridine rings is 1. The van der Waals surface area contributed by atoms with Gasteiger partial charge in [0.2, 0.25) is 5.88 Å². The van der Waals surface area contributed by atoms with Crippen LogP contribution in [0.25, 0.3) is 0 Å². The maximum atomic E-state index is 12.4. The van der Waals surface area contributed by atoms with Crippen molar-refractivity contribution in [1.29, 1.82) is 0 Å². The van der Waals surface area contributed by atoms with E-state index in [1.807, 2.05) is 0 Å². The Labute approximate surface area is 90.2 Å². The number of esters is 1. The van der Waals surface area contributed by atoms with E-state index in [4.69, 9.17) is 0 Å². The lowest BCUT2D eigenvalue weighted by molar-refractivity contribution is -0.139. The van der Waals surface area contributed by atoms with Crippen LogP contribution in [-0.2, 0) is 11.0 Å². The molecule has 0 saturated carbocycles. The van der Waals surface area contributed by atoms with Gasteiger partial charge in [-0.15, -0.1) is 0 Å². The predicted molar refractivity (Wildman–Crippen MR) is 49.9 cm³/mol. The van der Waals surface area contributed by atoms with Crippen LogP contribution >= 0.6 is 0 Å². The largest absolute Gasteiger partial charge is 0.416 e. The van der Waals surface area contributed by atoms with Crippen LogP contribution in [0.3, 0.4) is 0 Å². The summed E-state index contributed by atoms with van der Waals surface area (Å²) in [6.07, 6.45) is -4.39. The molecule has 0 amide bonds. The molecule has 1 aromatic heterocycles. The van der Waals surface area contributed by atoms with Crippen molar-refractivity contribution < 1.29 is 22.7 Å². The van der Waals surface area contributed by atoms with Gasteiger partial charge in [0.1, 0.15) is 0 Å². The third-order valence-electron chi connectivity index (χ3n) is 1.76. The lowest BCUT2D eigenvalue weighted by atomic mass is 10.2. The Balaban J connectivity index is 3.04. The minimum Gasteiger partial charge on any atom is -0.407 e. The van der Waals surface area contributed by atoms with Gasteiger partial charge >= 0.3 is 12.1 Å². The van der Waals surface area contributed by atoms with Gasteiger partial charge in [-0.3, -0.25) is 4.79 Å². The zero-order chi connectivity index (χ0) is 12.3. The van der Waals surface area contributed by atoms with Crippen LogP contribution in [-0.4, -0.2) is 11.0 Å². The van der Waals surface area contributed by atoms with E-state index in [0.29, 0.717) is 6.07 Å². The third kappa shape index (κ3) is 3.22. The fraction of sp³-hybridized carbons (Fsp3) is 0.400. The van der Waals surface area contributed by atoms with Crippen LogP contribution in [0.2, 0.25) is 0 Å². The maximum Gasteiger partial charge on any atom is 0.416 e. The monoisotopic (exact) mass is 233 g/mol. The summed E-state index contributed by atoms with van der Waals surface area (Å²) in [4.78, 5) is 14.6. The molecule has 0 radical (unpaired) electrons. The van der Waals surface area contributed by atoms with Crippen molar-refractivity contribution in [3.05, 3.63) is 23.4 Å². The van der Waals surface area contributed by atoms with Crippen molar-refractivity contribution in [3.63, 3.8) is 0 Å². The van der Waals surface area contributed by atoms with Gasteiger partial charge in [-0.2, -0.15) is 13.2 Å². The van der Waals surface area contributed by atoms with Crippen molar-refractivity contribution in [2.24, 2.45) is 0 Å². The fourth-order valence-electron chi connectivity index (χ4n) is 1.04. The Kier molecular flexibility index (Phi) is 3.51. The van der Waals surface area contributed by atoms with Gasteiger partial charge in [0, 0.05) is 18.2 Å². The standard InChI is InChI=1S/C10H10F3NO2/c1-3-9(15)16-8-5-7(10(11,12)13)4-6(2)14-8/h4-5H,3H2,1-2H3. The van der Waals surface area contributed by atoms with Gasteiger partial charge < -0.3 is 4.74 Å². The van der Waals surface area contributed by atoms with Gasteiger partial charge in [0.15, 0.2) is 0 Å². The van der Waals surface area contributed by atoms with Crippen LogP contribution in [0.15, 0.2) is 12.1 Å². The van der Waals surface area contributed by atoms with Gasteiger partial charge in [-0.25, -0.2) is 4.98 Å². The van der Waals surface area contributed by atoms with Crippen molar-refractivity contribution in [3.8, 4) is 5.88 Å². The Morgan fingerprint density at radius 2 is 2.06 bits per heavy atom. The van der Waals surface area contributed by atoms with Crippen LogP contribution in [0.4, 0.5) is 13.2 Å². The summed E-state index contributed by atoms with van der Waals surface area (Å²) >= 11 is 0. The van der Waals surface area contributed by atoms with Crippen LogP contribution in [0.5, 0.6) is 5.88 Å². The molecule has 0 aliphatic carbocycles. The van der Waals surface area contributed by atoms with E-state index >= 15 is 0 Å². The molecule has 6 heteroatoms. The average Bonchev–Trinajstić information content (AvgIpc) is 2.15. The number of nitrogens with zero attached hydrogens (tertiary/aromatic N) is 1. The number of carbonyl (C=O) groups is 1. The number of aromatic nitrogens is 1. The van der Waals surface area contributed by atoms with Crippen molar-refractivity contribution in [2.75, 3.05) is 0 Å². The number of halogens is 3. The van der Waals surface area contributed by atoms with Crippen molar-refractivity contribution in [1.82, 2.24) is 4.98 Å². The molecule has 0 N–H and O–H groups in total. The summed E-state index contributed by atoms with van der Waals surface area (Å²) < 4.78 is 41.8. The highest BCUT2D eigenvalue weighted by atomic mass is 19.4. The number of alkyl halides is 3. The second-order valence-corrected chi connectivity index (χ2v) is 3.16. The summed E-state index contributed by atoms with van der Waals surface area (Å²) in [5.74, 6) is -0.939. The SMILES string of the molecule is CCC(=O)Oc1cc(C(F)(F)F)cc(C)n1. The Hall–Kier alpha value is -1.59. The number of carbonyl (C=O) groups excluding carboxylic acids is 1. The van der Waals surface area contributed by atoms with Gasteiger partial charge in [0.05, 0.1) is 5.56 Å². The van der Waals surface area contributed by atoms with E-state index in [1.165, 1.54) is 6.92 Å². The van der Waals surface area contributed by atoms with Crippen molar-refractivity contribution in [2.45, 2.75) is 26.4 Å². The molecule has 1 rings (SSSR count). The van der Waals surface area contributed by atoms with Crippen LogP contribution < -0.4 is 4.74 Å². The third-order valence-corrected chi connectivity index (χ3v) is 1.76. The first-order valence-corrected chi connectivity index (χ1v) is 4.59. The summed E-state index contributed by atoms with van der Waals surface area (Å²) in [6, 6.07) is 1.60. The molecule has 88 valence electrons. The normalized spacial score (nSPS) is 11.3. The smallest absolute Gasteiger partial charge is 0.407 e. The lowest BCUT2D eigenvalue weighted by Gasteiger charge is -2.09. The minimum atomic E-state index is -4.47. The lowest BCUT2D eigenvalue weighted by Crippen LogP contribution is -2.10. The van der Waals surface area contributed by atoms with Crippen LogP contribution in [0, 0.1) is 6.92 Å². The predicted octanol–water partition coefficient (Wildman–Crippen LogP) is 2.72. The fourth-order valence-corrected chi connectivity index (χ4v) is 1.04. The van der Waals surface area contributed by atoms with E-state index < -0.39 is 17.7 Å². The molecular weight excluding hydrogens is 223 g/mol. The molecule has 0 saturated heterocycles. The molecule has 0 bridgehead atoms. The molecular formula is C10H10F3NO2. The Bertz CT molecular complexity index is 402. The summed E-state index contributed by atoms with van der Waals surface area (Å²) in [6.45, 7) is 2.95. The second-order valence-electron chi connectivity index (χ2n) is 3.16. The van der Waals surface area contributed by atoms with Gasteiger partial charge in [-0.05, 0) is 13.0 Å². The molecule has 1 heterocycles. The zero-order valence-corrected chi connectivity index (χ0v) is 8.76. The molecule has 3 nitrogen and oxygen atoms in total. The first-order valence-electron chi connectivity index (χ1n) is 4.59. The number of aryl methyl sites for hydroxylation is 1. The van der Waals surface area contributed by atoms with E-state index in [-0.39, 0.29) is 18.0 Å². The summed E-state index contributed by atoms with van der Waals surface area (Å²) in [5.41, 5.74) is -0.729. The molecule has 0 spiro atoms. The Morgan fingerprint density at radius 1 is 1.44 bits per heavy atom. The molecule has 0 unspecified atom stereocenters. The van der Waals surface area contributed by atoms with Gasteiger partial charge in [0.25, 0.3) is 0 Å². The van der Waals surface area contributed by atoms with E-state index in [9.17, 15) is 18.0 Å². The molecule has 0 atom stereocenters. The average molecular weight is 233 g/mol. The second kappa shape index (κ2) is 4.51. The maximum absolute atomic E-state index is 12.4. The summed E-state index contributed by atoms with van der Waals surface area (Å²) in [5, 5.41) is 0. The molecule has 0 aliphatic rings. The highest BCUT2D eigenvalue weighted by Gasteiger charge is 2.31. The molecule has 0 fully saturated rings. The Morgan fingerprint density at radius 3 is 2.56 bits per heavy atom. The summed E-state index contributed by atoms with van der Waals surface area (Å²) in [7, 11) is 0. The number of rotatable bonds is 2.